The summed E-state index contributed by atoms with van der Waals surface area (Å²) in [5.74, 6) is -2.92. The summed E-state index contributed by atoms with van der Waals surface area (Å²) in [6.07, 6.45) is 3.27. The fourth-order valence-corrected chi connectivity index (χ4v) is 6.70. The molecule has 0 bridgehead atoms. The van der Waals surface area contributed by atoms with Crippen LogP contribution in [0.4, 0.5) is 8.78 Å². The summed E-state index contributed by atoms with van der Waals surface area (Å²) < 4.78 is 53.0. The summed E-state index contributed by atoms with van der Waals surface area (Å²) in [5.41, 5.74) is 0.0494. The third-order valence-electron chi connectivity index (χ3n) is 6.58. The maximum atomic E-state index is 13.4. The van der Waals surface area contributed by atoms with Gasteiger partial charge in [-0.2, -0.15) is 5.26 Å². The normalized spacial score (nSPS) is 22.2. The Morgan fingerprint density at radius 2 is 2.06 bits per heavy atom. The highest BCUT2D eigenvalue weighted by Crippen LogP contribution is 2.41. The van der Waals surface area contributed by atoms with Gasteiger partial charge in [0.2, 0.25) is 11.8 Å². The van der Waals surface area contributed by atoms with Crippen molar-refractivity contribution in [3.05, 3.63) is 28.8 Å². The van der Waals surface area contributed by atoms with E-state index in [0.717, 1.165) is 5.56 Å². The first kappa shape index (κ1) is 24.9. The summed E-state index contributed by atoms with van der Waals surface area (Å²) in [6, 6.07) is 6.85. The van der Waals surface area contributed by atoms with E-state index in [1.54, 1.807) is 19.1 Å². The zero-order chi connectivity index (χ0) is 23.6. The van der Waals surface area contributed by atoms with Gasteiger partial charge in [0.25, 0.3) is 0 Å². The average molecular weight is 487 g/mol. The molecule has 1 aromatic rings. The van der Waals surface area contributed by atoms with E-state index in [0.29, 0.717) is 38.5 Å². The quantitative estimate of drug-likeness (QED) is 0.491. The van der Waals surface area contributed by atoms with Gasteiger partial charge in [0.05, 0.1) is 21.2 Å². The molecular formula is C23H29ClF2N2O3S. The Hall–Kier alpha value is -1.72. The molecule has 0 heterocycles. The number of alkyl halides is 2. The zero-order valence-corrected chi connectivity index (χ0v) is 19.7. The van der Waals surface area contributed by atoms with Gasteiger partial charge in [-0.05, 0) is 68.6 Å². The number of hydrogen-bond donors (Lipinski definition) is 1. The van der Waals surface area contributed by atoms with Crippen LogP contribution >= 0.6 is 11.6 Å². The van der Waals surface area contributed by atoms with Crippen molar-refractivity contribution in [1.82, 2.24) is 5.32 Å². The Balaban J connectivity index is 1.60. The van der Waals surface area contributed by atoms with Crippen LogP contribution in [0.15, 0.2) is 23.1 Å². The van der Waals surface area contributed by atoms with Crippen molar-refractivity contribution in [3.8, 4) is 6.07 Å². The standard InChI is InChI=1S/C23H29ClF2N2O3S/c1-2-18(6-8-21(29)28-22(15-27)11-12-22)32(30,31)20-7-5-16(13-19(20)24)3-4-17-9-10-23(25,26)14-17/h5,7,13,17-18H,2-4,6,8-12,14H2,1H3,(H,28,29)/t17?,18-/m0/s1. The molecule has 1 amide bonds. The molecule has 0 spiro atoms. The summed E-state index contributed by atoms with van der Waals surface area (Å²) in [7, 11) is -3.75. The second kappa shape index (κ2) is 9.64. The lowest BCUT2D eigenvalue weighted by Crippen LogP contribution is -2.36. The van der Waals surface area contributed by atoms with Crippen molar-refractivity contribution < 1.29 is 22.0 Å². The number of halogens is 3. The van der Waals surface area contributed by atoms with Gasteiger partial charge in [0.15, 0.2) is 9.84 Å². The molecule has 0 aliphatic heterocycles. The summed E-state index contributed by atoms with van der Waals surface area (Å²) >= 11 is 6.32. The summed E-state index contributed by atoms with van der Waals surface area (Å²) in [5, 5.41) is 11.1. The molecule has 176 valence electrons. The molecule has 0 aromatic heterocycles. The number of nitriles is 1. The summed E-state index contributed by atoms with van der Waals surface area (Å²) in [4.78, 5) is 12.2. The van der Waals surface area contributed by atoms with E-state index in [4.69, 9.17) is 16.9 Å². The van der Waals surface area contributed by atoms with Crippen molar-refractivity contribution in [1.29, 1.82) is 5.26 Å². The zero-order valence-electron chi connectivity index (χ0n) is 18.2. The van der Waals surface area contributed by atoms with Crippen LogP contribution < -0.4 is 5.32 Å². The Morgan fingerprint density at radius 1 is 1.34 bits per heavy atom. The Morgan fingerprint density at radius 3 is 2.59 bits per heavy atom. The van der Waals surface area contributed by atoms with Gasteiger partial charge < -0.3 is 5.32 Å². The smallest absolute Gasteiger partial charge is 0.248 e. The highest BCUT2D eigenvalue weighted by Gasteiger charge is 2.44. The molecule has 32 heavy (non-hydrogen) atoms. The summed E-state index contributed by atoms with van der Waals surface area (Å²) in [6.45, 7) is 1.75. The third-order valence-corrected chi connectivity index (χ3v) is 9.42. The fourth-order valence-electron chi connectivity index (χ4n) is 4.36. The van der Waals surface area contributed by atoms with Crippen LogP contribution in [-0.2, 0) is 21.1 Å². The van der Waals surface area contributed by atoms with E-state index in [2.05, 4.69) is 11.4 Å². The van der Waals surface area contributed by atoms with Crippen LogP contribution in [0.1, 0.15) is 70.3 Å². The van der Waals surface area contributed by atoms with Crippen LogP contribution in [0.25, 0.3) is 0 Å². The first-order chi connectivity index (χ1) is 15.0. The molecule has 1 unspecified atom stereocenters. The van der Waals surface area contributed by atoms with Gasteiger partial charge in [-0.1, -0.05) is 24.6 Å². The number of amides is 1. The van der Waals surface area contributed by atoms with Crippen LogP contribution in [-0.4, -0.2) is 31.0 Å². The number of aryl methyl sites for hydroxylation is 1. The Kier molecular flexibility index (Phi) is 7.51. The maximum Gasteiger partial charge on any atom is 0.248 e. The number of nitrogens with zero attached hydrogens (tertiary/aromatic N) is 1. The lowest BCUT2D eigenvalue weighted by Gasteiger charge is -2.18. The van der Waals surface area contributed by atoms with Crippen LogP contribution in [0.5, 0.6) is 0 Å². The minimum absolute atomic E-state index is 0.0168. The molecule has 2 fully saturated rings. The van der Waals surface area contributed by atoms with Crippen LogP contribution in [0.2, 0.25) is 5.02 Å². The molecular weight excluding hydrogens is 458 g/mol. The predicted octanol–water partition coefficient (Wildman–Crippen LogP) is 5.21. The fraction of sp³-hybridized carbons (Fsp3) is 0.652. The average Bonchev–Trinajstić information content (AvgIpc) is 3.41. The van der Waals surface area contributed by atoms with Gasteiger partial charge >= 0.3 is 0 Å². The highest BCUT2D eigenvalue weighted by molar-refractivity contribution is 7.92. The van der Waals surface area contributed by atoms with Gasteiger partial charge in [-0.3, -0.25) is 4.79 Å². The maximum absolute atomic E-state index is 13.4. The Bertz CT molecular complexity index is 1000. The second-order valence-corrected chi connectivity index (χ2v) is 11.7. The predicted molar refractivity (Wildman–Crippen MR) is 118 cm³/mol. The lowest BCUT2D eigenvalue weighted by molar-refractivity contribution is -0.121. The first-order valence-electron chi connectivity index (χ1n) is 11.1. The highest BCUT2D eigenvalue weighted by atomic mass is 35.5. The first-order valence-corrected chi connectivity index (χ1v) is 13.0. The van der Waals surface area contributed by atoms with Gasteiger partial charge in [0, 0.05) is 19.3 Å². The van der Waals surface area contributed by atoms with Crippen molar-refractivity contribution in [3.63, 3.8) is 0 Å². The number of benzene rings is 1. The van der Waals surface area contributed by atoms with Crippen LogP contribution in [0, 0.1) is 17.2 Å². The van der Waals surface area contributed by atoms with E-state index in [9.17, 15) is 22.0 Å². The van der Waals surface area contributed by atoms with Crippen molar-refractivity contribution in [2.45, 2.75) is 92.7 Å². The minimum atomic E-state index is -3.75. The molecule has 2 aliphatic carbocycles. The molecule has 1 N–H and O–H groups in total. The number of carbonyl (C=O) groups excluding carboxylic acids is 1. The number of hydrogen-bond acceptors (Lipinski definition) is 4. The van der Waals surface area contributed by atoms with Gasteiger partial charge in [0.1, 0.15) is 5.54 Å². The van der Waals surface area contributed by atoms with Crippen molar-refractivity contribution >= 4 is 27.3 Å². The monoisotopic (exact) mass is 486 g/mol. The van der Waals surface area contributed by atoms with Crippen molar-refractivity contribution in [2.75, 3.05) is 0 Å². The number of carbonyl (C=O) groups is 1. The van der Waals surface area contributed by atoms with E-state index in [1.165, 1.54) is 6.07 Å². The van der Waals surface area contributed by atoms with Gasteiger partial charge in [-0.15, -0.1) is 0 Å². The lowest BCUT2D eigenvalue weighted by atomic mass is 9.98. The molecule has 1 aromatic carbocycles. The molecule has 5 nitrogen and oxygen atoms in total. The third kappa shape index (κ3) is 5.99. The second-order valence-electron chi connectivity index (χ2n) is 9.12. The molecule has 2 atom stereocenters. The van der Waals surface area contributed by atoms with E-state index >= 15 is 0 Å². The largest absolute Gasteiger partial charge is 0.338 e. The van der Waals surface area contributed by atoms with E-state index in [1.807, 2.05) is 0 Å². The molecule has 9 heteroatoms. The number of nitrogens with one attached hydrogen (secondary N) is 1. The topological polar surface area (TPSA) is 87.0 Å². The Labute approximate surface area is 193 Å². The van der Waals surface area contributed by atoms with Crippen molar-refractivity contribution in [2.24, 2.45) is 5.92 Å². The number of sulfone groups is 1. The minimum Gasteiger partial charge on any atom is -0.338 e. The SMILES string of the molecule is CC[C@@H](CCC(=O)NC1(C#N)CC1)S(=O)(=O)c1ccc(CCC2CCC(F)(F)C2)cc1Cl. The molecule has 2 saturated carbocycles. The molecule has 2 aliphatic rings. The van der Waals surface area contributed by atoms with E-state index < -0.39 is 26.5 Å². The number of rotatable bonds is 10. The van der Waals surface area contributed by atoms with Gasteiger partial charge in [-0.25, -0.2) is 17.2 Å². The molecule has 3 rings (SSSR count). The van der Waals surface area contributed by atoms with Crippen LogP contribution in [0.3, 0.4) is 0 Å². The molecule has 0 radical (unpaired) electrons. The van der Waals surface area contributed by atoms with E-state index in [-0.39, 0.29) is 47.4 Å². The molecule has 0 saturated heterocycles.